The number of benzene rings is 1. The molecule has 2 aromatic heterocycles. The van der Waals surface area contributed by atoms with Crippen molar-refractivity contribution in [3.05, 3.63) is 57.9 Å². The normalized spacial score (nSPS) is 15.6. The molecular weight excluding hydrogens is 370 g/mol. The minimum absolute atomic E-state index is 0.354. The summed E-state index contributed by atoms with van der Waals surface area (Å²) >= 11 is 2.20. The molecule has 1 fully saturated rings. The first-order valence-electron chi connectivity index (χ1n) is 7.55. The molecule has 6 nitrogen and oxygen atoms in total. The molecule has 4 rings (SSSR count). The molecule has 1 aromatic carbocycles. The Hall–Kier alpha value is -2.97. The Kier molecular flexibility index (Phi) is 4.06. The summed E-state index contributed by atoms with van der Waals surface area (Å²) in [6.07, 6.45) is 3.38. The van der Waals surface area contributed by atoms with E-state index in [9.17, 15) is 14.4 Å². The van der Waals surface area contributed by atoms with E-state index in [-0.39, 0.29) is 5.24 Å². The fraction of sp³-hybridized carbons (Fsp3) is 0. The average Bonchev–Trinajstić information content (AvgIpc) is 3.21. The van der Waals surface area contributed by atoms with Crippen molar-refractivity contribution in [1.82, 2.24) is 10.3 Å². The van der Waals surface area contributed by atoms with Gasteiger partial charge in [-0.2, -0.15) is 0 Å². The summed E-state index contributed by atoms with van der Waals surface area (Å²) in [5, 5.41) is 2.75. The number of carbonyl (C=O) groups excluding carboxylic acids is 3. The van der Waals surface area contributed by atoms with Gasteiger partial charge in [0.25, 0.3) is 17.1 Å². The van der Waals surface area contributed by atoms with E-state index in [4.69, 9.17) is 5.73 Å². The van der Waals surface area contributed by atoms with Crippen LogP contribution >= 0.6 is 23.1 Å². The number of carbonyl (C=O) groups is 3. The number of nitrogens with two attached hydrogens (primary N) is 1. The van der Waals surface area contributed by atoms with Gasteiger partial charge in [-0.05, 0) is 53.7 Å². The number of hydrogen-bond acceptors (Lipinski definition) is 6. The Morgan fingerprint density at radius 2 is 2.00 bits per heavy atom. The van der Waals surface area contributed by atoms with Crippen LogP contribution in [0.1, 0.15) is 15.2 Å². The average molecular weight is 381 g/mol. The molecule has 1 aliphatic heterocycles. The number of thioether (sulfide) groups is 1. The lowest BCUT2D eigenvalue weighted by Crippen LogP contribution is -2.17. The van der Waals surface area contributed by atoms with Gasteiger partial charge in [0.05, 0.1) is 15.3 Å². The first-order valence-corrected chi connectivity index (χ1v) is 9.18. The minimum atomic E-state index is -0.459. The van der Waals surface area contributed by atoms with Crippen LogP contribution in [0, 0.1) is 0 Å². The Morgan fingerprint density at radius 3 is 2.69 bits per heavy atom. The van der Waals surface area contributed by atoms with E-state index < -0.39 is 11.8 Å². The molecule has 8 heteroatoms. The summed E-state index contributed by atoms with van der Waals surface area (Å²) in [6.45, 7) is 0. The molecular formula is C18H11N3O3S2. The highest BCUT2D eigenvalue weighted by atomic mass is 32.2. The van der Waals surface area contributed by atoms with E-state index in [0.717, 1.165) is 38.7 Å². The van der Waals surface area contributed by atoms with Crippen LogP contribution in [-0.4, -0.2) is 22.0 Å². The quantitative estimate of drug-likeness (QED) is 0.677. The zero-order chi connectivity index (χ0) is 18.3. The number of pyridine rings is 1. The molecule has 0 aliphatic carbocycles. The van der Waals surface area contributed by atoms with Gasteiger partial charge in [-0.15, -0.1) is 11.3 Å². The van der Waals surface area contributed by atoms with Gasteiger partial charge < -0.3 is 5.73 Å². The van der Waals surface area contributed by atoms with Crippen molar-refractivity contribution in [3.8, 4) is 10.4 Å². The zero-order valence-electron chi connectivity index (χ0n) is 13.2. The zero-order valence-corrected chi connectivity index (χ0v) is 14.8. The fourth-order valence-corrected chi connectivity index (χ4v) is 4.24. The van der Waals surface area contributed by atoms with E-state index in [1.807, 2.05) is 30.3 Å². The van der Waals surface area contributed by atoms with Crippen molar-refractivity contribution in [2.75, 3.05) is 0 Å². The predicted molar refractivity (Wildman–Crippen MR) is 103 cm³/mol. The van der Waals surface area contributed by atoms with Crippen molar-refractivity contribution in [2.45, 2.75) is 0 Å². The van der Waals surface area contributed by atoms with Crippen LogP contribution in [0.3, 0.4) is 0 Å². The van der Waals surface area contributed by atoms with Crippen molar-refractivity contribution in [3.63, 3.8) is 0 Å². The molecule has 0 saturated carbocycles. The highest BCUT2D eigenvalue weighted by Crippen LogP contribution is 2.34. The highest BCUT2D eigenvalue weighted by Gasteiger charge is 2.25. The fourth-order valence-electron chi connectivity index (χ4n) is 2.66. The predicted octanol–water partition coefficient (Wildman–Crippen LogP) is 3.39. The van der Waals surface area contributed by atoms with Gasteiger partial charge in [0.1, 0.15) is 0 Å². The van der Waals surface area contributed by atoms with Gasteiger partial charge in [0.2, 0.25) is 0 Å². The lowest BCUT2D eigenvalue weighted by molar-refractivity contribution is -0.115. The summed E-state index contributed by atoms with van der Waals surface area (Å²) in [5.74, 6) is -0.852. The Bertz CT molecular complexity index is 1120. The largest absolute Gasteiger partial charge is 0.365 e. The maximum absolute atomic E-state index is 11.7. The number of rotatable bonds is 3. The Balaban J connectivity index is 1.82. The summed E-state index contributed by atoms with van der Waals surface area (Å²) in [6, 6.07) is 11.0. The number of hydrogen-bond donors (Lipinski definition) is 2. The van der Waals surface area contributed by atoms with Gasteiger partial charge in [0, 0.05) is 22.0 Å². The molecule has 1 saturated heterocycles. The lowest BCUT2D eigenvalue weighted by Gasteiger charge is -2.05. The summed E-state index contributed by atoms with van der Waals surface area (Å²) in [7, 11) is 0. The standard InChI is InChI=1S/C18H11N3O3S2/c19-16(22)14-4-3-13(25-14)10-5-6-20-12-2-1-9(7-11(10)12)8-15-17(23)21-18(24)26-15/h1-8H,(H2,19,22)(H,21,23,24). The molecule has 0 unspecified atom stereocenters. The number of fused-ring (bicyclic) bond motifs is 1. The van der Waals surface area contributed by atoms with Gasteiger partial charge >= 0.3 is 0 Å². The molecule has 3 heterocycles. The summed E-state index contributed by atoms with van der Waals surface area (Å²) < 4.78 is 0. The third-order valence-corrected chi connectivity index (χ3v) is 5.76. The van der Waals surface area contributed by atoms with Crippen LogP contribution in [-0.2, 0) is 4.79 Å². The van der Waals surface area contributed by atoms with Crippen molar-refractivity contribution < 1.29 is 14.4 Å². The van der Waals surface area contributed by atoms with Crippen molar-refractivity contribution in [2.24, 2.45) is 5.73 Å². The van der Waals surface area contributed by atoms with E-state index >= 15 is 0 Å². The van der Waals surface area contributed by atoms with Crippen LogP contribution in [0.25, 0.3) is 27.4 Å². The molecule has 0 spiro atoms. The smallest absolute Gasteiger partial charge is 0.290 e. The van der Waals surface area contributed by atoms with Crippen LogP contribution in [0.5, 0.6) is 0 Å². The first kappa shape index (κ1) is 16.5. The molecule has 0 atom stereocenters. The lowest BCUT2D eigenvalue weighted by atomic mass is 10.0. The van der Waals surface area contributed by atoms with Gasteiger partial charge in [0.15, 0.2) is 0 Å². The number of imide groups is 1. The molecule has 1 aliphatic rings. The SMILES string of the molecule is NC(=O)c1ccc(-c2ccnc3ccc(C=C4SC(=O)NC4=O)cc23)s1. The van der Waals surface area contributed by atoms with Gasteiger partial charge in [-0.3, -0.25) is 24.7 Å². The van der Waals surface area contributed by atoms with E-state index in [1.54, 1.807) is 18.3 Å². The monoisotopic (exact) mass is 381 g/mol. The third kappa shape index (κ3) is 3.00. The van der Waals surface area contributed by atoms with Gasteiger partial charge in [-0.25, -0.2) is 0 Å². The van der Waals surface area contributed by atoms with Crippen LogP contribution in [0.4, 0.5) is 4.79 Å². The van der Waals surface area contributed by atoms with Crippen LogP contribution in [0.2, 0.25) is 0 Å². The van der Waals surface area contributed by atoms with E-state index in [0.29, 0.717) is 9.78 Å². The second-order valence-electron chi connectivity index (χ2n) is 5.52. The topological polar surface area (TPSA) is 102 Å². The number of nitrogens with one attached hydrogen (secondary N) is 1. The number of primary amides is 1. The number of nitrogens with zero attached hydrogens (tertiary/aromatic N) is 1. The number of thiophene rings is 1. The van der Waals surface area contributed by atoms with E-state index in [1.165, 1.54) is 11.3 Å². The van der Waals surface area contributed by atoms with Crippen molar-refractivity contribution >= 4 is 57.1 Å². The second-order valence-corrected chi connectivity index (χ2v) is 7.61. The Labute approximate surface area is 156 Å². The number of amides is 3. The maximum atomic E-state index is 11.7. The van der Waals surface area contributed by atoms with Crippen LogP contribution in [0.15, 0.2) is 47.5 Å². The summed E-state index contributed by atoms with van der Waals surface area (Å²) in [4.78, 5) is 40.5. The van der Waals surface area contributed by atoms with Crippen molar-refractivity contribution in [1.29, 1.82) is 0 Å². The molecule has 3 aromatic rings. The minimum Gasteiger partial charge on any atom is -0.365 e. The molecule has 3 amide bonds. The maximum Gasteiger partial charge on any atom is 0.290 e. The molecule has 3 N–H and O–H groups in total. The first-order chi connectivity index (χ1) is 12.5. The molecule has 26 heavy (non-hydrogen) atoms. The van der Waals surface area contributed by atoms with Gasteiger partial charge in [-0.1, -0.05) is 6.07 Å². The summed E-state index contributed by atoms with van der Waals surface area (Å²) in [5.41, 5.74) is 7.84. The van der Waals surface area contributed by atoms with Crippen LogP contribution < -0.4 is 11.1 Å². The second kappa shape index (κ2) is 6.40. The molecule has 0 bridgehead atoms. The molecule has 128 valence electrons. The highest BCUT2D eigenvalue weighted by molar-refractivity contribution is 8.18. The Morgan fingerprint density at radius 1 is 1.15 bits per heavy atom. The van der Waals surface area contributed by atoms with E-state index in [2.05, 4.69) is 10.3 Å². The number of aromatic nitrogens is 1. The third-order valence-electron chi connectivity index (χ3n) is 3.82. The molecule has 0 radical (unpaired) electrons.